The van der Waals surface area contributed by atoms with E-state index in [2.05, 4.69) is 14.9 Å². The Kier molecular flexibility index (Phi) is 6.08. The summed E-state index contributed by atoms with van der Waals surface area (Å²) in [6, 6.07) is 13.1. The first kappa shape index (κ1) is 21.5. The monoisotopic (exact) mass is 460 g/mol. The molecule has 31 heavy (non-hydrogen) atoms. The van der Waals surface area contributed by atoms with Crippen LogP contribution in [-0.4, -0.2) is 42.5 Å². The largest absolute Gasteiger partial charge is 0.337 e. The molecule has 10 heteroatoms. The van der Waals surface area contributed by atoms with E-state index in [1.807, 2.05) is 31.2 Å². The molecule has 162 valence electrons. The average molecular weight is 461 g/mol. The average Bonchev–Trinajstić information content (AvgIpc) is 3.42. The van der Waals surface area contributed by atoms with Crippen molar-refractivity contribution in [3.05, 3.63) is 65.0 Å². The fourth-order valence-corrected chi connectivity index (χ4v) is 4.68. The van der Waals surface area contributed by atoms with Crippen LogP contribution in [0.4, 0.5) is 0 Å². The van der Waals surface area contributed by atoms with Crippen molar-refractivity contribution in [1.29, 1.82) is 0 Å². The van der Waals surface area contributed by atoms with Crippen LogP contribution in [0, 0.1) is 6.92 Å². The minimum Gasteiger partial charge on any atom is -0.337 e. The smallest absolute Gasteiger partial charge is 0.249 e. The molecular weight excluding hydrogens is 440 g/mol. The maximum Gasteiger partial charge on any atom is 0.249 e. The molecular formula is C21H21ClN4O4S. The van der Waals surface area contributed by atoms with Crippen molar-refractivity contribution >= 4 is 27.5 Å². The number of benzene rings is 2. The van der Waals surface area contributed by atoms with Gasteiger partial charge in [-0.1, -0.05) is 41.0 Å². The Morgan fingerprint density at radius 2 is 1.97 bits per heavy atom. The summed E-state index contributed by atoms with van der Waals surface area (Å²) in [5, 5.41) is 4.50. The van der Waals surface area contributed by atoms with E-state index in [0.29, 0.717) is 29.7 Å². The number of nitrogens with one attached hydrogen (secondary N) is 1. The number of carbonyl (C=O) groups excluding carboxylic acids is 1. The molecule has 0 aliphatic carbocycles. The van der Waals surface area contributed by atoms with Gasteiger partial charge >= 0.3 is 0 Å². The zero-order valence-corrected chi connectivity index (χ0v) is 18.4. The number of rotatable bonds is 6. The molecule has 2 heterocycles. The summed E-state index contributed by atoms with van der Waals surface area (Å²) in [5.41, 5.74) is 1.88. The lowest BCUT2D eigenvalue weighted by atomic mass is 10.1. The fraction of sp³-hybridized carbons (Fsp3) is 0.286. The van der Waals surface area contributed by atoms with Crippen LogP contribution in [0.3, 0.4) is 0 Å². The van der Waals surface area contributed by atoms with E-state index < -0.39 is 10.0 Å². The number of amides is 1. The Morgan fingerprint density at radius 1 is 1.23 bits per heavy atom. The summed E-state index contributed by atoms with van der Waals surface area (Å²) in [4.78, 5) is 18.9. The van der Waals surface area contributed by atoms with E-state index >= 15 is 0 Å². The van der Waals surface area contributed by atoms with E-state index in [1.54, 1.807) is 4.90 Å². The first-order chi connectivity index (χ1) is 14.8. The van der Waals surface area contributed by atoms with Crippen molar-refractivity contribution < 1.29 is 17.7 Å². The highest BCUT2D eigenvalue weighted by Gasteiger charge is 2.34. The SMILES string of the molecule is Cc1ccccc1-c1noc([C@@H]2CCCN2C(=O)CNS(=O)(=O)c2ccc(Cl)cc2)n1. The lowest BCUT2D eigenvalue weighted by molar-refractivity contribution is -0.131. The summed E-state index contributed by atoms with van der Waals surface area (Å²) < 4.78 is 32.7. The van der Waals surface area contributed by atoms with Crippen molar-refractivity contribution in [3.8, 4) is 11.4 Å². The van der Waals surface area contributed by atoms with Crippen molar-refractivity contribution in [1.82, 2.24) is 19.8 Å². The van der Waals surface area contributed by atoms with Crippen LogP contribution < -0.4 is 4.72 Å². The third-order valence-corrected chi connectivity index (χ3v) is 6.89. The van der Waals surface area contributed by atoms with E-state index in [4.69, 9.17) is 16.1 Å². The van der Waals surface area contributed by atoms with Gasteiger partial charge in [-0.25, -0.2) is 13.1 Å². The highest BCUT2D eigenvalue weighted by molar-refractivity contribution is 7.89. The molecule has 0 bridgehead atoms. The standard InChI is InChI=1S/C21H21ClN4O4S/c1-14-5-2-3-6-17(14)20-24-21(30-25-20)18-7-4-12-26(18)19(27)13-23-31(28,29)16-10-8-15(22)9-11-16/h2-3,5-6,8-11,18,23H,4,7,12-13H2,1H3/t18-/m0/s1. The second-order valence-electron chi connectivity index (χ2n) is 7.29. The molecule has 2 aromatic carbocycles. The maximum absolute atomic E-state index is 12.8. The van der Waals surface area contributed by atoms with E-state index in [0.717, 1.165) is 17.5 Å². The summed E-state index contributed by atoms with van der Waals surface area (Å²) in [6.45, 7) is 2.10. The molecule has 1 atom stereocenters. The van der Waals surface area contributed by atoms with Gasteiger partial charge in [0.2, 0.25) is 27.6 Å². The molecule has 8 nitrogen and oxygen atoms in total. The molecule has 0 saturated carbocycles. The number of nitrogens with zero attached hydrogens (tertiary/aromatic N) is 3. The van der Waals surface area contributed by atoms with Gasteiger partial charge in [0.1, 0.15) is 6.04 Å². The Balaban J connectivity index is 1.45. The molecule has 1 N–H and O–H groups in total. The fourth-order valence-electron chi connectivity index (χ4n) is 3.58. The number of aryl methyl sites for hydroxylation is 1. The first-order valence-corrected chi connectivity index (χ1v) is 11.7. The van der Waals surface area contributed by atoms with E-state index in [-0.39, 0.29) is 23.4 Å². The summed E-state index contributed by atoms with van der Waals surface area (Å²) in [7, 11) is -3.83. The van der Waals surface area contributed by atoms with Gasteiger partial charge < -0.3 is 9.42 Å². The number of halogens is 1. The third kappa shape index (κ3) is 4.63. The number of sulfonamides is 1. The van der Waals surface area contributed by atoms with Gasteiger partial charge in [0, 0.05) is 17.1 Å². The normalized spacial score (nSPS) is 16.6. The first-order valence-electron chi connectivity index (χ1n) is 9.79. The van der Waals surface area contributed by atoms with Crippen molar-refractivity contribution in [2.24, 2.45) is 0 Å². The van der Waals surface area contributed by atoms with Gasteiger partial charge in [0.05, 0.1) is 11.4 Å². The van der Waals surface area contributed by atoms with Gasteiger partial charge in [0.25, 0.3) is 0 Å². The van der Waals surface area contributed by atoms with Gasteiger partial charge in [-0.05, 0) is 49.6 Å². The van der Waals surface area contributed by atoms with Crippen LogP contribution in [0.15, 0.2) is 57.9 Å². The highest BCUT2D eigenvalue weighted by atomic mass is 35.5. The van der Waals surface area contributed by atoms with Crippen LogP contribution in [0.1, 0.15) is 30.3 Å². The minimum absolute atomic E-state index is 0.0439. The Bertz CT molecular complexity index is 1190. The lowest BCUT2D eigenvalue weighted by Crippen LogP contribution is -2.39. The van der Waals surface area contributed by atoms with Gasteiger partial charge in [-0.15, -0.1) is 0 Å². The van der Waals surface area contributed by atoms with Gasteiger partial charge in [0.15, 0.2) is 0 Å². The Labute approximate surface area is 185 Å². The van der Waals surface area contributed by atoms with Crippen LogP contribution in [0.5, 0.6) is 0 Å². The maximum atomic E-state index is 12.8. The van der Waals surface area contributed by atoms with Crippen LogP contribution >= 0.6 is 11.6 Å². The molecule has 1 saturated heterocycles. The topological polar surface area (TPSA) is 105 Å². The molecule has 1 aromatic heterocycles. The molecule has 0 spiro atoms. The number of hydrogen-bond donors (Lipinski definition) is 1. The molecule has 1 amide bonds. The van der Waals surface area contributed by atoms with E-state index in [1.165, 1.54) is 24.3 Å². The number of aromatic nitrogens is 2. The summed E-state index contributed by atoms with van der Waals surface area (Å²) >= 11 is 5.80. The zero-order chi connectivity index (χ0) is 22.0. The Hall–Kier alpha value is -2.75. The molecule has 0 unspecified atom stereocenters. The zero-order valence-electron chi connectivity index (χ0n) is 16.8. The minimum atomic E-state index is -3.83. The highest BCUT2D eigenvalue weighted by Crippen LogP contribution is 2.32. The second kappa shape index (κ2) is 8.78. The molecule has 0 radical (unpaired) electrons. The number of hydrogen-bond acceptors (Lipinski definition) is 6. The second-order valence-corrected chi connectivity index (χ2v) is 9.50. The van der Waals surface area contributed by atoms with Crippen LogP contribution in [0.2, 0.25) is 5.02 Å². The Morgan fingerprint density at radius 3 is 2.71 bits per heavy atom. The van der Waals surface area contributed by atoms with Gasteiger partial charge in [-0.3, -0.25) is 4.79 Å². The quantitative estimate of drug-likeness (QED) is 0.604. The summed E-state index contributed by atoms with van der Waals surface area (Å²) in [6.07, 6.45) is 1.44. The van der Waals surface area contributed by atoms with Crippen LogP contribution in [0.25, 0.3) is 11.4 Å². The molecule has 3 aromatic rings. The van der Waals surface area contributed by atoms with Gasteiger partial charge in [-0.2, -0.15) is 4.98 Å². The molecule has 4 rings (SSSR count). The van der Waals surface area contributed by atoms with Crippen LogP contribution in [-0.2, 0) is 14.8 Å². The number of carbonyl (C=O) groups is 1. The predicted octanol–water partition coefficient (Wildman–Crippen LogP) is 3.34. The molecule has 1 aliphatic rings. The number of likely N-dealkylation sites (tertiary alicyclic amines) is 1. The molecule has 1 aliphatic heterocycles. The van der Waals surface area contributed by atoms with E-state index in [9.17, 15) is 13.2 Å². The van der Waals surface area contributed by atoms with Crippen molar-refractivity contribution in [2.75, 3.05) is 13.1 Å². The third-order valence-electron chi connectivity index (χ3n) is 5.22. The lowest BCUT2D eigenvalue weighted by Gasteiger charge is -2.22. The predicted molar refractivity (Wildman–Crippen MR) is 115 cm³/mol. The van der Waals surface area contributed by atoms with Crippen molar-refractivity contribution in [2.45, 2.75) is 30.7 Å². The molecule has 1 fully saturated rings. The summed E-state index contributed by atoms with van der Waals surface area (Å²) in [5.74, 6) is 0.469. The van der Waals surface area contributed by atoms with Crippen molar-refractivity contribution in [3.63, 3.8) is 0 Å².